The molecule has 0 saturated heterocycles. The molecule has 0 saturated carbocycles. The van der Waals surface area contributed by atoms with Crippen LogP contribution in [0.25, 0.3) is 0 Å². The van der Waals surface area contributed by atoms with E-state index in [9.17, 15) is 0 Å². The monoisotopic (exact) mass is 776 g/mol. The second-order valence-corrected chi connectivity index (χ2v) is 16.4. The topological polar surface area (TPSA) is 24.7 Å². The maximum Gasteiger partial charge on any atom is 2.00 e. The van der Waals surface area contributed by atoms with E-state index in [1.807, 2.05) is 0 Å². The van der Waals surface area contributed by atoms with E-state index in [-0.39, 0.29) is 41.3 Å². The Morgan fingerprint density at radius 3 is 1.24 bits per heavy atom. The van der Waals surface area contributed by atoms with Crippen LogP contribution in [0, 0.1) is 0 Å². The van der Waals surface area contributed by atoms with Crippen LogP contribution in [0.15, 0.2) is 142 Å². The van der Waals surface area contributed by atoms with E-state index in [2.05, 4.69) is 171 Å². The van der Waals surface area contributed by atoms with Gasteiger partial charge >= 0.3 is 16.5 Å². The van der Waals surface area contributed by atoms with Crippen LogP contribution in [0.2, 0.25) is 0 Å². The fourth-order valence-electron chi connectivity index (χ4n) is 6.97. The molecule has 1 aliphatic heterocycles. The van der Waals surface area contributed by atoms with Gasteiger partial charge in [-0.25, -0.2) is 9.98 Å². The molecule has 2 aliphatic rings. The number of benzene rings is 4. The quantitative estimate of drug-likeness (QED) is 0.155. The van der Waals surface area contributed by atoms with Gasteiger partial charge in [0, 0.05) is 16.7 Å². The minimum Gasteiger partial charge on any atom is -1.00 e. The number of rotatable bonds is 9. The Balaban J connectivity index is 0.00000234. The first kappa shape index (κ1) is 42.4. The van der Waals surface area contributed by atoms with Gasteiger partial charge in [0.1, 0.15) is 0 Å². The van der Waals surface area contributed by atoms with E-state index in [4.69, 9.17) is 9.98 Å². The Labute approximate surface area is 330 Å². The molecule has 0 spiro atoms. The molecule has 0 unspecified atom stereocenters. The first-order chi connectivity index (χ1) is 23.2. The van der Waals surface area contributed by atoms with Gasteiger partial charge in [-0.1, -0.05) is 165 Å². The molecule has 4 aromatic rings. The molecular weight excluding hydrogens is 729 g/mol. The van der Waals surface area contributed by atoms with E-state index in [1.54, 1.807) is 0 Å². The fraction of sp³-hybridized carbons (Fsp3) is 0.289. The fourth-order valence-corrected chi connectivity index (χ4v) is 9.35. The van der Waals surface area contributed by atoms with Crippen molar-refractivity contribution >= 4 is 30.0 Å². The third-order valence-corrected chi connectivity index (χ3v) is 11.8. The summed E-state index contributed by atoms with van der Waals surface area (Å²) in [7, 11) is -0.732. The second-order valence-electron chi connectivity index (χ2n) is 14.2. The van der Waals surface area contributed by atoms with Crippen molar-refractivity contribution < 1.29 is 41.3 Å². The summed E-state index contributed by atoms with van der Waals surface area (Å²) in [5.41, 5.74) is 11.1. The summed E-state index contributed by atoms with van der Waals surface area (Å²) in [6, 6.07) is 35.5. The van der Waals surface area contributed by atoms with Crippen molar-refractivity contribution in [2.75, 3.05) is 0 Å². The van der Waals surface area contributed by atoms with Gasteiger partial charge in [0.05, 0.1) is 11.4 Å². The predicted octanol–water partition coefficient (Wildman–Crippen LogP) is 5.67. The van der Waals surface area contributed by atoms with E-state index >= 15 is 0 Å². The number of aliphatic imine (C=N–C) groups is 2. The average molecular weight is 778 g/mol. The predicted molar refractivity (Wildman–Crippen MR) is 210 cm³/mol. The maximum atomic E-state index is 5.59. The van der Waals surface area contributed by atoms with E-state index in [0.717, 1.165) is 23.7 Å². The van der Waals surface area contributed by atoms with Crippen molar-refractivity contribution in [3.05, 3.63) is 165 Å². The van der Waals surface area contributed by atoms with E-state index in [1.165, 1.54) is 54.9 Å². The van der Waals surface area contributed by atoms with Crippen LogP contribution in [-0.2, 0) is 16.5 Å². The maximum absolute atomic E-state index is 5.59. The molecule has 6 rings (SSSR count). The molecule has 0 atom stereocenters. The molecule has 0 bridgehead atoms. The molecular formula is C45H49Cl2N2NiP. The van der Waals surface area contributed by atoms with E-state index < -0.39 is 7.92 Å². The standard InChI is InChI=1S/C45H49N2P.2ClH.Ni/c1-29(2)37-24-16-25-38(30(3)4)41(37)43-44(42-39(31(5)6)26-17-27-40(42)32(7)8)47-45(46-43)33-18-15-23-36(28-33)48(34-19-11-9-12-20-34)35-21-13-10-14-22-35;;;/h9-17,19-32H,18H2,1-8H3;2*1H;/q;;;+2/p-2. The van der Waals surface area contributed by atoms with Crippen molar-refractivity contribution in [3.63, 3.8) is 0 Å². The Hall–Kier alpha value is -3.06. The number of allylic oxidation sites excluding steroid dienone is 5. The van der Waals surface area contributed by atoms with Gasteiger partial charge in [-0.3, -0.25) is 0 Å². The summed E-state index contributed by atoms with van der Waals surface area (Å²) in [4.78, 5) is 11.2. The van der Waals surface area contributed by atoms with Crippen LogP contribution >= 0.6 is 7.92 Å². The molecule has 6 heteroatoms. The molecule has 2 nitrogen and oxygen atoms in total. The Morgan fingerprint density at radius 1 is 0.510 bits per heavy atom. The van der Waals surface area contributed by atoms with Crippen molar-refractivity contribution in [3.8, 4) is 0 Å². The zero-order valence-electron chi connectivity index (χ0n) is 30.9. The van der Waals surface area contributed by atoms with Gasteiger partial charge in [-0.15, -0.1) is 0 Å². The Morgan fingerprint density at radius 2 is 0.882 bits per heavy atom. The molecule has 1 aliphatic carbocycles. The van der Waals surface area contributed by atoms with E-state index in [0.29, 0.717) is 23.7 Å². The van der Waals surface area contributed by atoms with Crippen LogP contribution in [0.1, 0.15) is 119 Å². The third kappa shape index (κ3) is 8.95. The number of hydrogen-bond acceptors (Lipinski definition) is 2. The van der Waals surface area contributed by atoms with Crippen molar-refractivity contribution in [2.24, 2.45) is 9.98 Å². The van der Waals surface area contributed by atoms with Crippen molar-refractivity contribution in [1.82, 2.24) is 0 Å². The molecule has 0 radical (unpaired) electrons. The molecule has 0 fully saturated rings. The molecule has 1 heterocycles. The zero-order chi connectivity index (χ0) is 33.9. The number of hydrogen-bond donors (Lipinski definition) is 0. The molecule has 51 heavy (non-hydrogen) atoms. The van der Waals surface area contributed by atoms with Gasteiger partial charge in [-0.2, -0.15) is 0 Å². The average Bonchev–Trinajstić information content (AvgIpc) is 3.53. The number of halogens is 2. The first-order valence-corrected chi connectivity index (χ1v) is 19.0. The van der Waals surface area contributed by atoms with Crippen LogP contribution in [0.4, 0.5) is 0 Å². The first-order valence-electron chi connectivity index (χ1n) is 17.6. The summed E-state index contributed by atoms with van der Waals surface area (Å²) >= 11 is 0. The van der Waals surface area contributed by atoms with Gasteiger partial charge in [0.25, 0.3) is 0 Å². The van der Waals surface area contributed by atoms with Crippen molar-refractivity contribution in [2.45, 2.75) is 85.5 Å². The number of nitrogens with zero attached hydrogens (tertiary/aromatic N) is 2. The SMILES string of the molecule is CC(C)c1cccc(C(C)C)c1C1=NC(=C2C=C(P(c3ccccc3)c3ccccc3)C=CC2)N=C1c1c(C(C)C)cccc1C(C)C.[Cl-].[Cl-].[Ni+2]. The smallest absolute Gasteiger partial charge is 1.00 e. The minimum absolute atomic E-state index is 0. The zero-order valence-corrected chi connectivity index (χ0v) is 34.3. The largest absolute Gasteiger partial charge is 2.00 e. The van der Waals surface area contributed by atoms with Crippen LogP contribution in [0.3, 0.4) is 0 Å². The molecule has 268 valence electrons. The van der Waals surface area contributed by atoms with Gasteiger partial charge < -0.3 is 24.8 Å². The summed E-state index contributed by atoms with van der Waals surface area (Å²) < 4.78 is 0. The molecule has 0 amide bonds. The summed E-state index contributed by atoms with van der Waals surface area (Å²) in [6.45, 7) is 18.4. The van der Waals surface area contributed by atoms with Gasteiger partial charge in [-0.05, 0) is 82.3 Å². The second kappa shape index (κ2) is 18.6. The Bertz CT molecular complexity index is 1780. The van der Waals surface area contributed by atoms with Crippen LogP contribution in [0.5, 0.6) is 0 Å². The van der Waals surface area contributed by atoms with Crippen LogP contribution in [-0.4, -0.2) is 11.4 Å². The minimum atomic E-state index is -0.732. The van der Waals surface area contributed by atoms with Gasteiger partial charge in [0.15, 0.2) is 5.82 Å². The van der Waals surface area contributed by atoms with Crippen molar-refractivity contribution in [1.29, 1.82) is 0 Å². The third-order valence-electron chi connectivity index (χ3n) is 9.40. The Kier molecular flexibility index (Phi) is 15.5. The molecule has 0 N–H and O–H groups in total. The van der Waals surface area contributed by atoms with Crippen LogP contribution < -0.4 is 35.4 Å². The molecule has 0 aromatic heterocycles. The summed E-state index contributed by atoms with van der Waals surface area (Å²) in [6.07, 6.45) is 7.84. The summed E-state index contributed by atoms with van der Waals surface area (Å²) in [5, 5.41) is 4.02. The summed E-state index contributed by atoms with van der Waals surface area (Å²) in [5.74, 6) is 2.27. The van der Waals surface area contributed by atoms with Gasteiger partial charge in [0.2, 0.25) is 0 Å². The normalized spacial score (nSPS) is 14.0. The molecule has 4 aromatic carbocycles.